The predicted octanol–water partition coefficient (Wildman–Crippen LogP) is 2.77. The van der Waals surface area contributed by atoms with E-state index in [9.17, 15) is 18.0 Å². The molecule has 0 radical (unpaired) electrons. The molecule has 2 N–H and O–H groups in total. The molecule has 1 rings (SSSR count). The Labute approximate surface area is 122 Å². The third-order valence-electron chi connectivity index (χ3n) is 3.24. The van der Waals surface area contributed by atoms with Crippen LogP contribution in [-0.2, 0) is 17.4 Å². The molecule has 0 aliphatic rings. The van der Waals surface area contributed by atoms with Gasteiger partial charge in [-0.05, 0) is 30.0 Å². The fourth-order valence-corrected chi connectivity index (χ4v) is 1.97. The Balaban J connectivity index is 2.62. The summed E-state index contributed by atoms with van der Waals surface area (Å²) in [5.74, 6) is -0.0874. The maximum atomic E-state index is 12.4. The average molecular weight is 303 g/mol. The van der Waals surface area contributed by atoms with Crippen LogP contribution in [0.1, 0.15) is 31.4 Å². The molecule has 0 aromatic heterocycles. The van der Waals surface area contributed by atoms with Crippen molar-refractivity contribution in [3.63, 3.8) is 0 Å². The Morgan fingerprint density at radius 1 is 1.24 bits per heavy atom. The zero-order valence-electron chi connectivity index (χ0n) is 12.1. The number of rotatable bonds is 6. The van der Waals surface area contributed by atoms with Crippen molar-refractivity contribution >= 4 is 5.91 Å². The van der Waals surface area contributed by atoms with Crippen molar-refractivity contribution in [2.45, 2.75) is 38.9 Å². The monoisotopic (exact) mass is 303 g/mol. The highest BCUT2D eigenvalue weighted by Crippen LogP contribution is 2.29. The van der Waals surface area contributed by atoms with Crippen molar-refractivity contribution in [3.8, 4) is 0 Å². The molecular formula is C15H20F3NO2. The molecule has 0 spiro atoms. The molecule has 118 valence electrons. The molecule has 3 nitrogen and oxygen atoms in total. The van der Waals surface area contributed by atoms with Gasteiger partial charge in [0.25, 0.3) is 0 Å². The molecule has 0 aliphatic carbocycles. The van der Waals surface area contributed by atoms with Gasteiger partial charge in [-0.2, -0.15) is 13.2 Å². The summed E-state index contributed by atoms with van der Waals surface area (Å²) >= 11 is 0. The summed E-state index contributed by atoms with van der Waals surface area (Å²) in [5.41, 5.74) is -0.209. The molecule has 21 heavy (non-hydrogen) atoms. The molecule has 1 amide bonds. The van der Waals surface area contributed by atoms with Crippen LogP contribution in [-0.4, -0.2) is 23.7 Å². The van der Waals surface area contributed by atoms with Crippen molar-refractivity contribution in [1.82, 2.24) is 5.32 Å². The van der Waals surface area contributed by atoms with Gasteiger partial charge in [-0.3, -0.25) is 4.79 Å². The molecule has 0 aliphatic heterocycles. The maximum absolute atomic E-state index is 12.4. The van der Waals surface area contributed by atoms with Gasteiger partial charge in [-0.1, -0.05) is 26.0 Å². The van der Waals surface area contributed by atoms with E-state index in [1.165, 1.54) is 12.1 Å². The van der Waals surface area contributed by atoms with E-state index in [1.807, 2.05) is 13.8 Å². The van der Waals surface area contributed by atoms with E-state index in [1.54, 1.807) is 0 Å². The van der Waals surface area contributed by atoms with Crippen LogP contribution in [0, 0.1) is 5.92 Å². The van der Waals surface area contributed by atoms with Crippen LogP contribution in [0.2, 0.25) is 0 Å². The maximum Gasteiger partial charge on any atom is 0.416 e. The second-order valence-corrected chi connectivity index (χ2v) is 5.30. The smallest absolute Gasteiger partial charge is 0.396 e. The van der Waals surface area contributed by atoms with Crippen LogP contribution >= 0.6 is 0 Å². The second kappa shape index (κ2) is 7.45. The van der Waals surface area contributed by atoms with Gasteiger partial charge < -0.3 is 10.4 Å². The van der Waals surface area contributed by atoms with Crippen LogP contribution in [0.25, 0.3) is 0 Å². The minimum Gasteiger partial charge on any atom is -0.396 e. The van der Waals surface area contributed by atoms with E-state index < -0.39 is 11.7 Å². The molecule has 0 fully saturated rings. The Morgan fingerprint density at radius 3 is 2.24 bits per heavy atom. The molecule has 0 saturated carbocycles. The van der Waals surface area contributed by atoms with E-state index in [4.69, 9.17) is 5.11 Å². The lowest BCUT2D eigenvalue weighted by atomic mass is 10.0. The summed E-state index contributed by atoms with van der Waals surface area (Å²) in [6.07, 6.45) is -3.89. The van der Waals surface area contributed by atoms with Gasteiger partial charge in [0.15, 0.2) is 0 Å². The van der Waals surface area contributed by atoms with Crippen molar-refractivity contribution < 1.29 is 23.1 Å². The fraction of sp³-hybridized carbons (Fsp3) is 0.533. The average Bonchev–Trinajstić information content (AvgIpc) is 2.37. The lowest BCUT2D eigenvalue weighted by Crippen LogP contribution is -2.40. The highest BCUT2D eigenvalue weighted by atomic mass is 19.4. The molecule has 0 saturated heterocycles. The van der Waals surface area contributed by atoms with Crippen LogP contribution < -0.4 is 5.32 Å². The topological polar surface area (TPSA) is 49.3 Å². The molecule has 1 aromatic rings. The normalized spacial score (nSPS) is 13.3. The van der Waals surface area contributed by atoms with Gasteiger partial charge in [-0.15, -0.1) is 0 Å². The van der Waals surface area contributed by atoms with Crippen molar-refractivity contribution in [1.29, 1.82) is 0 Å². The van der Waals surface area contributed by atoms with Gasteiger partial charge >= 0.3 is 6.18 Å². The first kappa shape index (κ1) is 17.5. The van der Waals surface area contributed by atoms with E-state index in [-0.39, 0.29) is 30.9 Å². The molecule has 1 atom stereocenters. The molecular weight excluding hydrogens is 283 g/mol. The highest BCUT2D eigenvalue weighted by molar-refractivity contribution is 5.78. The van der Waals surface area contributed by atoms with E-state index in [0.29, 0.717) is 12.0 Å². The van der Waals surface area contributed by atoms with E-state index in [2.05, 4.69) is 5.32 Å². The summed E-state index contributed by atoms with van der Waals surface area (Å²) in [5, 5.41) is 11.7. The summed E-state index contributed by atoms with van der Waals surface area (Å²) in [7, 11) is 0. The zero-order valence-corrected chi connectivity index (χ0v) is 12.1. The summed E-state index contributed by atoms with van der Waals surface area (Å²) in [6.45, 7) is 3.83. The number of aliphatic hydroxyl groups is 1. The lowest BCUT2D eigenvalue weighted by molar-refractivity contribution is -0.137. The molecule has 1 unspecified atom stereocenters. The second-order valence-electron chi connectivity index (χ2n) is 5.30. The third-order valence-corrected chi connectivity index (χ3v) is 3.24. The number of benzene rings is 1. The first-order valence-electron chi connectivity index (χ1n) is 6.80. The van der Waals surface area contributed by atoms with E-state index in [0.717, 1.165) is 12.1 Å². The number of hydrogen-bond acceptors (Lipinski definition) is 2. The van der Waals surface area contributed by atoms with Crippen LogP contribution in [0.3, 0.4) is 0 Å². The van der Waals surface area contributed by atoms with Crippen molar-refractivity contribution in [3.05, 3.63) is 35.4 Å². The summed E-state index contributed by atoms with van der Waals surface area (Å²) in [6, 6.07) is 4.40. The Kier molecular flexibility index (Phi) is 6.20. The van der Waals surface area contributed by atoms with Gasteiger partial charge in [0, 0.05) is 12.6 Å². The first-order valence-corrected chi connectivity index (χ1v) is 6.80. The largest absolute Gasteiger partial charge is 0.416 e. The number of hydrogen-bond donors (Lipinski definition) is 2. The summed E-state index contributed by atoms with van der Waals surface area (Å²) in [4.78, 5) is 11.9. The van der Waals surface area contributed by atoms with Crippen LogP contribution in [0.15, 0.2) is 24.3 Å². The number of nitrogens with one attached hydrogen (secondary N) is 1. The predicted molar refractivity (Wildman–Crippen MR) is 73.6 cm³/mol. The molecule has 6 heteroatoms. The van der Waals surface area contributed by atoms with Gasteiger partial charge in [0.2, 0.25) is 5.91 Å². The molecule has 0 heterocycles. The number of halogens is 3. The number of carbonyl (C=O) groups is 1. The minimum atomic E-state index is -4.37. The van der Waals surface area contributed by atoms with Crippen molar-refractivity contribution in [2.24, 2.45) is 5.92 Å². The Hall–Kier alpha value is -1.56. The highest BCUT2D eigenvalue weighted by Gasteiger charge is 2.30. The Bertz CT molecular complexity index is 455. The zero-order chi connectivity index (χ0) is 16.0. The number of amides is 1. The van der Waals surface area contributed by atoms with Gasteiger partial charge in [0.1, 0.15) is 0 Å². The van der Waals surface area contributed by atoms with Gasteiger partial charge in [0.05, 0.1) is 12.0 Å². The Morgan fingerprint density at radius 2 is 1.81 bits per heavy atom. The number of aliphatic hydroxyl groups excluding tert-OH is 1. The van der Waals surface area contributed by atoms with Gasteiger partial charge in [-0.25, -0.2) is 0 Å². The molecule has 0 bridgehead atoms. The minimum absolute atomic E-state index is 0.0206. The third kappa shape index (κ3) is 5.75. The van der Waals surface area contributed by atoms with Crippen LogP contribution in [0.4, 0.5) is 13.2 Å². The summed E-state index contributed by atoms with van der Waals surface area (Å²) < 4.78 is 37.3. The standard InChI is InChI=1S/C15H20F3NO2/c1-10(2)13(7-8-20)19-14(21)9-11-3-5-12(6-4-11)15(16,17)18/h3-6,10,13,20H,7-9H2,1-2H3,(H,19,21). The quantitative estimate of drug-likeness (QED) is 0.849. The SMILES string of the molecule is CC(C)C(CCO)NC(=O)Cc1ccc(C(F)(F)F)cc1. The molecule has 1 aromatic carbocycles. The number of carbonyl (C=O) groups excluding carboxylic acids is 1. The fourth-order valence-electron chi connectivity index (χ4n) is 1.97. The van der Waals surface area contributed by atoms with Crippen LogP contribution in [0.5, 0.6) is 0 Å². The van der Waals surface area contributed by atoms with E-state index >= 15 is 0 Å². The van der Waals surface area contributed by atoms with Crippen molar-refractivity contribution in [2.75, 3.05) is 6.61 Å². The first-order chi connectivity index (χ1) is 9.74. The number of alkyl halides is 3. The lowest BCUT2D eigenvalue weighted by Gasteiger charge is -2.21.